The molecule has 2 N–H and O–H groups in total. The van der Waals surface area contributed by atoms with Crippen LogP contribution in [0.5, 0.6) is 0 Å². The molecule has 4 aromatic rings. The topological polar surface area (TPSA) is 105 Å². The van der Waals surface area contributed by atoms with Crippen LogP contribution in [0.2, 0.25) is 0 Å². The molecule has 0 spiro atoms. The summed E-state index contributed by atoms with van der Waals surface area (Å²) in [5.41, 5.74) is 6.10. The lowest BCUT2D eigenvalue weighted by Gasteiger charge is -2.37. The highest BCUT2D eigenvalue weighted by Gasteiger charge is 2.29. The Bertz CT molecular complexity index is 1520. The zero-order chi connectivity index (χ0) is 26.9. The van der Waals surface area contributed by atoms with Crippen molar-refractivity contribution in [3.8, 4) is 11.5 Å². The molecule has 0 aliphatic carbocycles. The van der Waals surface area contributed by atoms with E-state index in [1.54, 1.807) is 0 Å². The number of carbonyl (C=O) groups excluding carboxylic acids is 1. The van der Waals surface area contributed by atoms with Crippen LogP contribution < -0.4 is 15.5 Å². The highest BCUT2D eigenvalue weighted by molar-refractivity contribution is 6.19. The number of ether oxygens (including phenoxy) is 1. The maximum absolute atomic E-state index is 13.2. The number of anilines is 3. The van der Waals surface area contributed by atoms with Gasteiger partial charge in [-0.2, -0.15) is 0 Å². The number of fused-ring (bicyclic) bond motifs is 1. The lowest BCUT2D eigenvalue weighted by atomic mass is 10.0. The van der Waals surface area contributed by atoms with Gasteiger partial charge in [-0.1, -0.05) is 59.7 Å². The molecule has 0 bridgehead atoms. The molecule has 39 heavy (non-hydrogen) atoms. The Balaban J connectivity index is 1.32. The molecule has 2 aliphatic rings. The fourth-order valence-electron chi connectivity index (χ4n) is 5.15. The maximum atomic E-state index is 13.2. The summed E-state index contributed by atoms with van der Waals surface area (Å²) in [4.78, 5) is 20.3. The number of hydrogen-bond donors (Lipinski definition) is 2. The van der Waals surface area contributed by atoms with Crippen LogP contribution in [0, 0.1) is 6.92 Å². The summed E-state index contributed by atoms with van der Waals surface area (Å²) in [7, 11) is 0. The molecule has 1 amide bonds. The van der Waals surface area contributed by atoms with Gasteiger partial charge in [0.2, 0.25) is 6.17 Å². The normalized spacial score (nSPS) is 21.0. The van der Waals surface area contributed by atoms with Gasteiger partial charge in [0, 0.05) is 29.9 Å². The molecule has 6 rings (SSSR count). The molecule has 3 aromatic carbocycles. The first-order chi connectivity index (χ1) is 18.9. The van der Waals surface area contributed by atoms with Gasteiger partial charge in [0.1, 0.15) is 0 Å². The van der Waals surface area contributed by atoms with E-state index in [1.807, 2.05) is 66.7 Å². The third kappa shape index (κ3) is 5.13. The van der Waals surface area contributed by atoms with Gasteiger partial charge >= 0.3 is 6.01 Å². The number of nitrogens with zero attached hydrogens (tertiary/aromatic N) is 4. The molecule has 1 fully saturated rings. The Kier molecular flexibility index (Phi) is 6.58. The molecule has 1 saturated heterocycles. The van der Waals surface area contributed by atoms with Crippen molar-refractivity contribution in [2.45, 2.75) is 39.1 Å². The number of benzene rings is 3. The number of para-hydroxylation sites is 1. The predicted octanol–water partition coefficient (Wildman–Crippen LogP) is 4.89. The summed E-state index contributed by atoms with van der Waals surface area (Å²) in [6, 6.07) is 23.7. The highest BCUT2D eigenvalue weighted by Crippen LogP contribution is 2.34. The number of benzodiazepines with no additional fused rings is 1. The molecule has 0 saturated carbocycles. The zero-order valence-corrected chi connectivity index (χ0v) is 22.1. The van der Waals surface area contributed by atoms with Gasteiger partial charge in [-0.15, -0.1) is 5.10 Å². The van der Waals surface area contributed by atoms with Crippen molar-refractivity contribution in [1.29, 1.82) is 0 Å². The SMILES string of the molecule is Cc1ccc(-c2nnc(NC3N=C(c4ccccc4)c4ccccc4NC3=O)o2)c(N2CC(C)OC(C)C2)c1. The van der Waals surface area contributed by atoms with Gasteiger partial charge in [0.15, 0.2) is 0 Å². The van der Waals surface area contributed by atoms with E-state index in [4.69, 9.17) is 14.1 Å². The molecule has 198 valence electrons. The van der Waals surface area contributed by atoms with Crippen molar-refractivity contribution in [2.75, 3.05) is 28.6 Å². The molecule has 2 aliphatic heterocycles. The maximum Gasteiger partial charge on any atom is 0.317 e. The third-order valence-corrected chi connectivity index (χ3v) is 6.82. The van der Waals surface area contributed by atoms with Crippen LogP contribution in [-0.2, 0) is 9.53 Å². The fraction of sp³-hybridized carbons (Fsp3) is 0.267. The number of aryl methyl sites for hydroxylation is 1. The molecule has 0 radical (unpaired) electrons. The van der Waals surface area contributed by atoms with Crippen molar-refractivity contribution in [2.24, 2.45) is 4.99 Å². The highest BCUT2D eigenvalue weighted by atomic mass is 16.5. The van der Waals surface area contributed by atoms with Crippen molar-refractivity contribution >= 4 is 29.0 Å². The summed E-state index contributed by atoms with van der Waals surface area (Å²) < 4.78 is 12.0. The molecule has 3 unspecified atom stereocenters. The first kappa shape index (κ1) is 24.8. The Hall–Kier alpha value is -4.50. The summed E-state index contributed by atoms with van der Waals surface area (Å²) in [6.45, 7) is 7.74. The minimum absolute atomic E-state index is 0.108. The zero-order valence-electron chi connectivity index (χ0n) is 22.1. The molecular formula is C30H30N6O3. The Morgan fingerprint density at radius 2 is 1.67 bits per heavy atom. The second-order valence-electron chi connectivity index (χ2n) is 10.0. The summed E-state index contributed by atoms with van der Waals surface area (Å²) >= 11 is 0. The minimum Gasteiger partial charge on any atom is -0.403 e. The number of rotatable bonds is 5. The van der Waals surface area contributed by atoms with Crippen LogP contribution in [-0.4, -0.2) is 53.3 Å². The molecular weight excluding hydrogens is 492 g/mol. The number of nitrogens with one attached hydrogen (secondary N) is 2. The standard InChI is InChI=1S/C30H30N6O3/c1-18-13-14-23(25(15-18)36-16-19(2)38-20(3)17-36)29-34-35-30(39-29)33-27-28(37)31-24-12-8-7-11-22(24)26(32-27)21-9-5-4-6-10-21/h4-15,19-20,27H,16-17H2,1-3H3,(H,31,37)(H,33,35). The number of amides is 1. The quantitative estimate of drug-likeness (QED) is 0.385. The fourth-order valence-corrected chi connectivity index (χ4v) is 5.15. The average Bonchev–Trinajstić information content (AvgIpc) is 3.34. The smallest absolute Gasteiger partial charge is 0.317 e. The summed E-state index contributed by atoms with van der Waals surface area (Å²) in [6.07, 6.45) is -0.757. The van der Waals surface area contributed by atoms with Crippen LogP contribution in [0.1, 0.15) is 30.5 Å². The van der Waals surface area contributed by atoms with Crippen LogP contribution >= 0.6 is 0 Å². The van der Waals surface area contributed by atoms with E-state index in [2.05, 4.69) is 52.6 Å². The first-order valence-electron chi connectivity index (χ1n) is 13.1. The Morgan fingerprint density at radius 1 is 0.923 bits per heavy atom. The second-order valence-corrected chi connectivity index (χ2v) is 10.0. The average molecular weight is 523 g/mol. The van der Waals surface area contributed by atoms with Crippen molar-refractivity contribution < 1.29 is 13.9 Å². The van der Waals surface area contributed by atoms with E-state index in [-0.39, 0.29) is 24.1 Å². The van der Waals surface area contributed by atoms with Gasteiger partial charge in [-0.3, -0.25) is 4.79 Å². The summed E-state index contributed by atoms with van der Waals surface area (Å²) in [5, 5.41) is 14.6. The van der Waals surface area contributed by atoms with E-state index in [0.717, 1.165) is 41.0 Å². The summed E-state index contributed by atoms with van der Waals surface area (Å²) in [5.74, 6) is 0.0457. The van der Waals surface area contributed by atoms with Gasteiger partial charge in [-0.25, -0.2) is 4.99 Å². The molecule has 9 heteroatoms. The number of morpholine rings is 1. The Morgan fingerprint density at radius 3 is 2.46 bits per heavy atom. The first-order valence-corrected chi connectivity index (χ1v) is 13.1. The van der Waals surface area contributed by atoms with E-state index in [9.17, 15) is 4.79 Å². The van der Waals surface area contributed by atoms with Crippen LogP contribution in [0.25, 0.3) is 11.5 Å². The van der Waals surface area contributed by atoms with Crippen LogP contribution in [0.3, 0.4) is 0 Å². The minimum atomic E-state index is -0.973. The lowest BCUT2D eigenvalue weighted by molar-refractivity contribution is -0.116. The molecule has 9 nitrogen and oxygen atoms in total. The monoisotopic (exact) mass is 522 g/mol. The van der Waals surface area contributed by atoms with Crippen LogP contribution in [0.15, 0.2) is 82.2 Å². The van der Waals surface area contributed by atoms with E-state index >= 15 is 0 Å². The second kappa shape index (κ2) is 10.3. The van der Waals surface area contributed by atoms with Crippen molar-refractivity contribution in [3.63, 3.8) is 0 Å². The number of carbonyl (C=O) groups is 1. The Labute approximate surface area is 226 Å². The van der Waals surface area contributed by atoms with E-state index in [0.29, 0.717) is 17.3 Å². The molecule has 3 atom stereocenters. The largest absolute Gasteiger partial charge is 0.403 e. The van der Waals surface area contributed by atoms with E-state index in [1.165, 1.54) is 0 Å². The van der Waals surface area contributed by atoms with Crippen LogP contribution in [0.4, 0.5) is 17.4 Å². The van der Waals surface area contributed by atoms with Gasteiger partial charge < -0.3 is 24.7 Å². The number of aromatic nitrogens is 2. The molecule has 1 aromatic heterocycles. The molecule has 3 heterocycles. The van der Waals surface area contributed by atoms with Crippen molar-refractivity contribution in [1.82, 2.24) is 10.2 Å². The number of aliphatic imine (C=N–C) groups is 1. The lowest BCUT2D eigenvalue weighted by Crippen LogP contribution is -2.45. The number of hydrogen-bond acceptors (Lipinski definition) is 8. The van der Waals surface area contributed by atoms with Gasteiger partial charge in [0.25, 0.3) is 11.8 Å². The predicted molar refractivity (Wildman–Crippen MR) is 151 cm³/mol. The van der Waals surface area contributed by atoms with E-state index < -0.39 is 6.17 Å². The van der Waals surface area contributed by atoms with Crippen molar-refractivity contribution in [3.05, 3.63) is 89.5 Å². The van der Waals surface area contributed by atoms with Gasteiger partial charge in [-0.05, 0) is 44.5 Å². The van der Waals surface area contributed by atoms with Gasteiger partial charge in [0.05, 0.1) is 29.2 Å². The third-order valence-electron chi connectivity index (χ3n) is 6.82.